The minimum Gasteiger partial charge on any atom is -0.493 e. The first-order chi connectivity index (χ1) is 20.6. The van der Waals surface area contributed by atoms with E-state index in [9.17, 15) is 19.5 Å². The number of anilines is 1. The molecule has 1 aliphatic rings. The fourth-order valence-corrected chi connectivity index (χ4v) is 5.23. The number of carbonyl (C=O) groups is 3. The predicted octanol–water partition coefficient (Wildman–Crippen LogP) is 7.97. The summed E-state index contributed by atoms with van der Waals surface area (Å²) in [6.45, 7) is 5.96. The standard InChI is InChI=1S/C35H40N2O6/c1-35(2,3)43-33(39)36-28-15-17-29(18-16-28)37(34(40)41)32-21-14-25(23-31(32)27-10-5-4-6-11-27)9-7-8-22-42-30-19-12-26(24-38)13-20-30/h4-7,9-14,19-21,23-24,28-29H,8,15-18,22H2,1-3H3,(H,36,39)(H,40,41)/b9-7+. The Labute approximate surface area is 253 Å². The number of rotatable bonds is 10. The van der Waals surface area contributed by atoms with Crippen molar-refractivity contribution in [1.29, 1.82) is 0 Å². The van der Waals surface area contributed by atoms with Gasteiger partial charge in [-0.25, -0.2) is 9.59 Å². The molecule has 4 rings (SSSR count). The van der Waals surface area contributed by atoms with Crippen molar-refractivity contribution in [1.82, 2.24) is 5.32 Å². The summed E-state index contributed by atoms with van der Waals surface area (Å²) in [6, 6.07) is 22.4. The highest BCUT2D eigenvalue weighted by Gasteiger charge is 2.32. The third-order valence-electron chi connectivity index (χ3n) is 7.23. The topological polar surface area (TPSA) is 105 Å². The van der Waals surface area contributed by atoms with Gasteiger partial charge in [-0.2, -0.15) is 0 Å². The zero-order valence-electron chi connectivity index (χ0n) is 25.0. The van der Waals surface area contributed by atoms with Crippen LogP contribution in [0.2, 0.25) is 0 Å². The van der Waals surface area contributed by atoms with Crippen LogP contribution in [-0.4, -0.2) is 47.9 Å². The van der Waals surface area contributed by atoms with E-state index >= 15 is 0 Å². The van der Waals surface area contributed by atoms with Crippen molar-refractivity contribution in [2.75, 3.05) is 11.5 Å². The molecule has 0 saturated heterocycles. The summed E-state index contributed by atoms with van der Waals surface area (Å²) in [6.07, 6.45) is 6.65. The van der Waals surface area contributed by atoms with Crippen LogP contribution >= 0.6 is 0 Å². The third kappa shape index (κ3) is 9.20. The molecule has 1 saturated carbocycles. The average molecular weight is 585 g/mol. The van der Waals surface area contributed by atoms with Crippen molar-refractivity contribution >= 4 is 30.2 Å². The molecule has 1 aliphatic carbocycles. The minimum atomic E-state index is -0.998. The summed E-state index contributed by atoms with van der Waals surface area (Å²) in [5.74, 6) is 0.707. The lowest BCUT2D eigenvalue weighted by Crippen LogP contribution is -2.47. The number of benzene rings is 3. The van der Waals surface area contributed by atoms with Crippen molar-refractivity contribution in [3.63, 3.8) is 0 Å². The van der Waals surface area contributed by atoms with Crippen LogP contribution in [-0.2, 0) is 4.74 Å². The molecule has 0 spiro atoms. The number of nitrogens with one attached hydrogen (secondary N) is 1. The van der Waals surface area contributed by atoms with Gasteiger partial charge in [0, 0.05) is 23.2 Å². The van der Waals surface area contributed by atoms with Crippen LogP contribution in [0.15, 0.2) is 78.9 Å². The molecule has 3 aromatic rings. The van der Waals surface area contributed by atoms with Crippen molar-refractivity contribution in [2.45, 2.75) is 70.6 Å². The van der Waals surface area contributed by atoms with Gasteiger partial charge in [-0.05, 0) is 100 Å². The molecule has 43 heavy (non-hydrogen) atoms. The molecule has 1 fully saturated rings. The van der Waals surface area contributed by atoms with Gasteiger partial charge in [0.2, 0.25) is 0 Å². The normalized spacial score (nSPS) is 16.8. The SMILES string of the molecule is CC(C)(C)OC(=O)NC1CCC(N(C(=O)O)c2ccc(/C=C/CCOc3ccc(C=O)cc3)cc2-c2ccccc2)CC1. The highest BCUT2D eigenvalue weighted by Crippen LogP contribution is 2.36. The Kier molecular flexibility index (Phi) is 10.6. The van der Waals surface area contributed by atoms with E-state index in [1.165, 1.54) is 4.90 Å². The second kappa shape index (κ2) is 14.5. The Morgan fingerprint density at radius 2 is 1.63 bits per heavy atom. The predicted molar refractivity (Wildman–Crippen MR) is 169 cm³/mol. The van der Waals surface area contributed by atoms with Crippen LogP contribution in [0.5, 0.6) is 5.75 Å². The molecule has 0 unspecified atom stereocenters. The quantitative estimate of drug-likeness (QED) is 0.185. The highest BCUT2D eigenvalue weighted by atomic mass is 16.6. The van der Waals surface area contributed by atoms with Crippen LogP contribution in [0.25, 0.3) is 17.2 Å². The smallest absolute Gasteiger partial charge is 0.412 e. The van der Waals surface area contributed by atoms with Gasteiger partial charge in [0.05, 0.1) is 12.3 Å². The molecule has 8 nitrogen and oxygen atoms in total. The van der Waals surface area contributed by atoms with Gasteiger partial charge in [-0.15, -0.1) is 0 Å². The number of carbonyl (C=O) groups excluding carboxylic acids is 2. The first-order valence-corrected chi connectivity index (χ1v) is 14.7. The Morgan fingerprint density at radius 1 is 0.953 bits per heavy atom. The molecule has 8 heteroatoms. The maximum atomic E-state index is 12.7. The summed E-state index contributed by atoms with van der Waals surface area (Å²) in [7, 11) is 0. The van der Waals surface area contributed by atoms with E-state index in [4.69, 9.17) is 9.47 Å². The molecule has 2 N–H and O–H groups in total. The lowest BCUT2D eigenvalue weighted by Gasteiger charge is -2.36. The molecule has 0 heterocycles. The second-order valence-corrected chi connectivity index (χ2v) is 11.7. The zero-order chi connectivity index (χ0) is 30.8. The number of hydrogen-bond donors (Lipinski definition) is 2. The molecule has 0 radical (unpaired) electrons. The molecular weight excluding hydrogens is 544 g/mol. The average Bonchev–Trinajstić information content (AvgIpc) is 2.98. The van der Waals surface area contributed by atoms with Crippen molar-refractivity contribution in [3.05, 3.63) is 90.0 Å². The Hall–Kier alpha value is -4.59. The largest absolute Gasteiger partial charge is 0.493 e. The van der Waals surface area contributed by atoms with Crippen molar-refractivity contribution in [2.24, 2.45) is 0 Å². The number of ether oxygens (including phenoxy) is 2. The first-order valence-electron chi connectivity index (χ1n) is 14.7. The van der Waals surface area contributed by atoms with E-state index < -0.39 is 17.8 Å². The van der Waals surface area contributed by atoms with E-state index in [1.807, 2.05) is 81.5 Å². The molecule has 3 aromatic carbocycles. The summed E-state index contributed by atoms with van der Waals surface area (Å²) in [5.41, 5.74) is 3.40. The van der Waals surface area contributed by atoms with Crippen molar-refractivity contribution in [3.8, 4) is 16.9 Å². The Bertz CT molecular complexity index is 1400. The van der Waals surface area contributed by atoms with Crippen LogP contribution < -0.4 is 15.0 Å². The summed E-state index contributed by atoms with van der Waals surface area (Å²) in [4.78, 5) is 37.2. The summed E-state index contributed by atoms with van der Waals surface area (Å²) >= 11 is 0. The second-order valence-electron chi connectivity index (χ2n) is 11.7. The summed E-state index contributed by atoms with van der Waals surface area (Å²) < 4.78 is 11.2. The molecular formula is C35H40N2O6. The van der Waals surface area contributed by atoms with E-state index in [0.29, 0.717) is 55.7 Å². The van der Waals surface area contributed by atoms with Gasteiger partial charge < -0.3 is 19.9 Å². The minimum absolute atomic E-state index is 0.0532. The van der Waals surface area contributed by atoms with E-state index in [1.54, 1.807) is 24.3 Å². The van der Waals surface area contributed by atoms with E-state index in [-0.39, 0.29) is 12.1 Å². The zero-order valence-corrected chi connectivity index (χ0v) is 25.0. The maximum absolute atomic E-state index is 12.7. The highest BCUT2D eigenvalue weighted by molar-refractivity contribution is 5.94. The van der Waals surface area contributed by atoms with E-state index in [2.05, 4.69) is 5.32 Å². The van der Waals surface area contributed by atoms with Gasteiger partial charge in [-0.3, -0.25) is 9.69 Å². The number of aldehydes is 1. The van der Waals surface area contributed by atoms with Gasteiger partial charge in [0.25, 0.3) is 0 Å². The molecule has 226 valence electrons. The lowest BCUT2D eigenvalue weighted by molar-refractivity contribution is 0.0490. The van der Waals surface area contributed by atoms with Crippen LogP contribution in [0.3, 0.4) is 0 Å². The van der Waals surface area contributed by atoms with Crippen LogP contribution in [0, 0.1) is 0 Å². The Morgan fingerprint density at radius 3 is 2.26 bits per heavy atom. The first kappa shape index (κ1) is 31.3. The molecule has 0 aliphatic heterocycles. The fraction of sp³-hybridized carbons (Fsp3) is 0.343. The number of alkyl carbamates (subject to hydrolysis) is 1. The molecule has 0 atom stereocenters. The Balaban J connectivity index is 1.46. The van der Waals surface area contributed by atoms with Crippen LogP contribution in [0.4, 0.5) is 15.3 Å². The number of amides is 2. The van der Waals surface area contributed by atoms with E-state index in [0.717, 1.165) is 23.0 Å². The van der Waals surface area contributed by atoms with Gasteiger partial charge in [0.15, 0.2) is 0 Å². The monoisotopic (exact) mass is 584 g/mol. The number of nitrogens with zero attached hydrogens (tertiary/aromatic N) is 1. The van der Waals surface area contributed by atoms with Crippen molar-refractivity contribution < 1.29 is 29.0 Å². The fourth-order valence-electron chi connectivity index (χ4n) is 5.23. The summed E-state index contributed by atoms with van der Waals surface area (Å²) in [5, 5.41) is 13.3. The van der Waals surface area contributed by atoms with Crippen LogP contribution in [0.1, 0.15) is 68.8 Å². The number of carboxylic acid groups (broad SMARTS) is 1. The maximum Gasteiger partial charge on any atom is 0.412 e. The van der Waals surface area contributed by atoms with Gasteiger partial charge in [0.1, 0.15) is 17.6 Å². The van der Waals surface area contributed by atoms with Gasteiger partial charge in [-0.1, -0.05) is 48.6 Å². The van der Waals surface area contributed by atoms with Gasteiger partial charge >= 0.3 is 12.2 Å². The molecule has 0 bridgehead atoms. The lowest BCUT2D eigenvalue weighted by atomic mass is 9.89. The molecule has 0 aromatic heterocycles. The third-order valence-corrected chi connectivity index (χ3v) is 7.23. The number of hydrogen-bond acceptors (Lipinski definition) is 5. The molecule has 2 amide bonds.